The topological polar surface area (TPSA) is 44.7 Å². The van der Waals surface area contributed by atoms with E-state index in [9.17, 15) is 4.79 Å². The number of piperazine rings is 1. The summed E-state index contributed by atoms with van der Waals surface area (Å²) in [7, 11) is 0. The molecule has 1 rings (SSSR count). The monoisotopic (exact) mass is 155 g/mol. The summed E-state index contributed by atoms with van der Waals surface area (Å²) in [5.41, 5.74) is 0. The first-order valence-electron chi connectivity index (χ1n) is 3.90. The molecule has 1 fully saturated rings. The summed E-state index contributed by atoms with van der Waals surface area (Å²) < 4.78 is 0. The van der Waals surface area contributed by atoms with E-state index in [-0.39, 0.29) is 0 Å². The van der Waals surface area contributed by atoms with E-state index >= 15 is 0 Å². The lowest BCUT2D eigenvalue weighted by Gasteiger charge is -2.26. The van der Waals surface area contributed by atoms with Crippen LogP contribution in [0.2, 0.25) is 0 Å². The first-order chi connectivity index (χ1) is 5.43. The molecule has 1 aliphatic heterocycles. The van der Waals surface area contributed by atoms with E-state index < -0.39 is 0 Å². The third-order valence-corrected chi connectivity index (χ3v) is 1.80. The van der Waals surface area contributed by atoms with E-state index in [4.69, 9.17) is 0 Å². The molecule has 0 aromatic rings. The molecular weight excluding hydrogens is 142 g/mol. The largest absolute Gasteiger partial charge is 0.314 e. The molecule has 0 aromatic carbocycles. The highest BCUT2D eigenvalue weighted by molar-refractivity contribution is 5.32. The van der Waals surface area contributed by atoms with Gasteiger partial charge in [0, 0.05) is 32.7 Å². The highest BCUT2D eigenvalue weighted by atomic mass is 16.1. The van der Waals surface area contributed by atoms with Gasteiger partial charge in [0.25, 0.3) is 0 Å². The molecule has 62 valence electrons. The van der Waals surface area contributed by atoms with E-state index in [1.165, 1.54) is 6.08 Å². The third-order valence-electron chi connectivity index (χ3n) is 1.80. The summed E-state index contributed by atoms with van der Waals surface area (Å²) in [5.74, 6) is 0. The van der Waals surface area contributed by atoms with Crippen LogP contribution < -0.4 is 5.32 Å². The summed E-state index contributed by atoms with van der Waals surface area (Å²) >= 11 is 0. The van der Waals surface area contributed by atoms with Crippen LogP contribution >= 0.6 is 0 Å². The maximum atomic E-state index is 9.72. The predicted molar refractivity (Wildman–Crippen MR) is 42.3 cm³/mol. The van der Waals surface area contributed by atoms with Crippen LogP contribution in [0.15, 0.2) is 4.99 Å². The Bertz CT molecular complexity index is 148. The van der Waals surface area contributed by atoms with Crippen molar-refractivity contribution in [3.05, 3.63) is 0 Å². The molecule has 1 aliphatic rings. The number of nitrogens with one attached hydrogen (secondary N) is 1. The van der Waals surface area contributed by atoms with Crippen molar-refractivity contribution in [2.45, 2.75) is 0 Å². The van der Waals surface area contributed by atoms with Crippen LogP contribution in [0.1, 0.15) is 0 Å². The molecule has 0 saturated carbocycles. The molecule has 1 N–H and O–H groups in total. The average Bonchev–Trinajstić information content (AvgIpc) is 2.07. The first-order valence-corrected chi connectivity index (χ1v) is 3.90. The van der Waals surface area contributed by atoms with Gasteiger partial charge >= 0.3 is 0 Å². The van der Waals surface area contributed by atoms with Gasteiger partial charge in [-0.15, -0.1) is 0 Å². The lowest BCUT2D eigenvalue weighted by molar-refractivity contribution is 0.247. The second-order valence-corrected chi connectivity index (χ2v) is 2.56. The molecule has 4 nitrogen and oxygen atoms in total. The second kappa shape index (κ2) is 5.02. The molecule has 0 aliphatic carbocycles. The van der Waals surface area contributed by atoms with Gasteiger partial charge in [0.2, 0.25) is 6.08 Å². The quantitative estimate of drug-likeness (QED) is 0.430. The van der Waals surface area contributed by atoms with Gasteiger partial charge in [-0.3, -0.25) is 4.90 Å². The van der Waals surface area contributed by atoms with Crippen LogP contribution in [-0.4, -0.2) is 50.2 Å². The highest BCUT2D eigenvalue weighted by Crippen LogP contribution is 1.90. The van der Waals surface area contributed by atoms with Crippen LogP contribution in [0.5, 0.6) is 0 Å². The first kappa shape index (κ1) is 8.40. The van der Waals surface area contributed by atoms with Crippen LogP contribution in [0.25, 0.3) is 0 Å². The van der Waals surface area contributed by atoms with Gasteiger partial charge in [0.15, 0.2) is 0 Å². The molecule has 1 saturated heterocycles. The van der Waals surface area contributed by atoms with E-state index in [1.807, 2.05) is 0 Å². The van der Waals surface area contributed by atoms with Crippen LogP contribution in [0.3, 0.4) is 0 Å². The zero-order chi connectivity index (χ0) is 7.94. The number of aliphatic imine (C=N–C) groups is 1. The molecule has 0 aromatic heterocycles. The summed E-state index contributed by atoms with van der Waals surface area (Å²) in [6.45, 7) is 5.69. The lowest BCUT2D eigenvalue weighted by atomic mass is 10.3. The zero-order valence-corrected chi connectivity index (χ0v) is 6.55. The molecule has 0 bridgehead atoms. The molecule has 4 heteroatoms. The Morgan fingerprint density at radius 2 is 2.18 bits per heavy atom. The van der Waals surface area contributed by atoms with Gasteiger partial charge in [0.05, 0.1) is 6.54 Å². The van der Waals surface area contributed by atoms with Crippen molar-refractivity contribution in [1.29, 1.82) is 0 Å². The minimum atomic E-state index is 0.587. The van der Waals surface area contributed by atoms with Gasteiger partial charge in [-0.2, -0.15) is 0 Å². The fourth-order valence-electron chi connectivity index (χ4n) is 1.17. The number of isocyanates is 1. The third kappa shape index (κ3) is 3.28. The standard InChI is InChI=1S/C7H13N3O/c11-7-9-3-6-10-4-1-8-2-5-10/h8H,1-6H2. The minimum Gasteiger partial charge on any atom is -0.314 e. The predicted octanol–water partition coefficient (Wildman–Crippen LogP) is -0.773. The van der Waals surface area contributed by atoms with Crippen molar-refractivity contribution < 1.29 is 4.79 Å². The lowest BCUT2D eigenvalue weighted by Crippen LogP contribution is -2.44. The van der Waals surface area contributed by atoms with Crippen molar-refractivity contribution in [2.24, 2.45) is 4.99 Å². The second-order valence-electron chi connectivity index (χ2n) is 2.56. The van der Waals surface area contributed by atoms with Crippen LogP contribution in [0, 0.1) is 0 Å². The zero-order valence-electron chi connectivity index (χ0n) is 6.55. The number of carbonyl (C=O) groups excluding carboxylic acids is 1. The van der Waals surface area contributed by atoms with Crippen molar-refractivity contribution in [3.63, 3.8) is 0 Å². The molecule has 0 amide bonds. The smallest absolute Gasteiger partial charge is 0.234 e. The summed E-state index contributed by atoms with van der Waals surface area (Å²) in [4.78, 5) is 15.5. The molecule has 11 heavy (non-hydrogen) atoms. The van der Waals surface area contributed by atoms with E-state index in [0.29, 0.717) is 6.54 Å². The van der Waals surface area contributed by atoms with Gasteiger partial charge in [-0.25, -0.2) is 9.79 Å². The number of nitrogens with zero attached hydrogens (tertiary/aromatic N) is 2. The number of rotatable bonds is 3. The molecule has 1 heterocycles. The highest BCUT2D eigenvalue weighted by Gasteiger charge is 2.07. The summed E-state index contributed by atoms with van der Waals surface area (Å²) in [6, 6.07) is 0. The normalized spacial score (nSPS) is 19.3. The Kier molecular flexibility index (Phi) is 3.83. The van der Waals surface area contributed by atoms with Gasteiger partial charge in [0.1, 0.15) is 0 Å². The molecule has 0 radical (unpaired) electrons. The van der Waals surface area contributed by atoms with E-state index in [1.54, 1.807) is 0 Å². The Balaban J connectivity index is 2.09. The van der Waals surface area contributed by atoms with Crippen LogP contribution in [0.4, 0.5) is 0 Å². The van der Waals surface area contributed by atoms with Crippen molar-refractivity contribution in [3.8, 4) is 0 Å². The molecular formula is C7H13N3O. The number of hydrogen-bond acceptors (Lipinski definition) is 4. The van der Waals surface area contributed by atoms with Crippen LogP contribution in [-0.2, 0) is 4.79 Å². The van der Waals surface area contributed by atoms with Gasteiger partial charge < -0.3 is 5.32 Å². The average molecular weight is 155 g/mol. The van der Waals surface area contributed by atoms with Crippen molar-refractivity contribution >= 4 is 6.08 Å². The Labute approximate surface area is 66.3 Å². The Morgan fingerprint density at radius 1 is 1.45 bits per heavy atom. The maximum absolute atomic E-state index is 9.72. The fraction of sp³-hybridized carbons (Fsp3) is 0.857. The summed E-state index contributed by atoms with van der Waals surface area (Å²) in [6.07, 6.45) is 1.54. The SMILES string of the molecule is O=C=NCCN1CCNCC1. The Morgan fingerprint density at radius 3 is 2.82 bits per heavy atom. The maximum Gasteiger partial charge on any atom is 0.234 e. The van der Waals surface area contributed by atoms with Gasteiger partial charge in [-0.05, 0) is 0 Å². The van der Waals surface area contributed by atoms with Crippen molar-refractivity contribution in [1.82, 2.24) is 10.2 Å². The minimum absolute atomic E-state index is 0.587. The van der Waals surface area contributed by atoms with Gasteiger partial charge in [-0.1, -0.05) is 0 Å². The summed E-state index contributed by atoms with van der Waals surface area (Å²) in [5, 5.41) is 3.26. The van der Waals surface area contributed by atoms with E-state index in [0.717, 1.165) is 32.7 Å². The molecule has 0 spiro atoms. The number of hydrogen-bond donors (Lipinski definition) is 1. The molecule has 0 atom stereocenters. The molecule has 0 unspecified atom stereocenters. The Hall–Kier alpha value is -0.700. The van der Waals surface area contributed by atoms with Crippen molar-refractivity contribution in [2.75, 3.05) is 39.3 Å². The fourth-order valence-corrected chi connectivity index (χ4v) is 1.17. The van der Waals surface area contributed by atoms with E-state index in [2.05, 4.69) is 15.2 Å².